The van der Waals surface area contributed by atoms with Crippen molar-refractivity contribution in [2.75, 3.05) is 0 Å². The van der Waals surface area contributed by atoms with E-state index in [2.05, 4.69) is 5.32 Å². The van der Waals surface area contributed by atoms with E-state index in [0.717, 1.165) is 24.3 Å². The maximum atomic E-state index is 12.4. The second kappa shape index (κ2) is 5.75. The fourth-order valence-electron chi connectivity index (χ4n) is 1.67. The van der Waals surface area contributed by atoms with Crippen molar-refractivity contribution in [3.63, 3.8) is 0 Å². The number of aliphatic carboxylic acids is 1. The zero-order valence-electron chi connectivity index (χ0n) is 11.8. The molecule has 0 fully saturated rings. The second-order valence-corrected chi connectivity index (χ2v) is 5.69. The third-order valence-electron chi connectivity index (χ3n) is 2.86. The van der Waals surface area contributed by atoms with Crippen molar-refractivity contribution in [3.05, 3.63) is 35.4 Å². The van der Waals surface area contributed by atoms with E-state index < -0.39 is 35.1 Å². The predicted octanol–water partition coefficient (Wildman–Crippen LogP) is 2.93. The Bertz CT molecular complexity index is 530. The molecule has 21 heavy (non-hydrogen) atoms. The van der Waals surface area contributed by atoms with Gasteiger partial charge in [0.25, 0.3) is 5.91 Å². The molecule has 7 heteroatoms. The van der Waals surface area contributed by atoms with Gasteiger partial charge in [0.05, 0.1) is 5.56 Å². The number of amides is 1. The molecule has 0 aliphatic heterocycles. The lowest BCUT2D eigenvalue weighted by atomic mass is 9.86. The number of alkyl halides is 3. The van der Waals surface area contributed by atoms with Crippen LogP contribution in [0.25, 0.3) is 0 Å². The average molecular weight is 303 g/mol. The van der Waals surface area contributed by atoms with E-state index >= 15 is 0 Å². The molecule has 1 amide bonds. The van der Waals surface area contributed by atoms with Crippen LogP contribution in [-0.2, 0) is 11.0 Å². The number of carboxylic acid groups (broad SMARTS) is 1. The first-order valence-electron chi connectivity index (χ1n) is 6.14. The Morgan fingerprint density at radius 3 is 1.90 bits per heavy atom. The molecule has 1 aromatic rings. The molecule has 0 aromatic heterocycles. The van der Waals surface area contributed by atoms with Crippen molar-refractivity contribution in [1.29, 1.82) is 0 Å². The van der Waals surface area contributed by atoms with Gasteiger partial charge in [-0.05, 0) is 29.7 Å². The Balaban J connectivity index is 2.92. The fourth-order valence-corrected chi connectivity index (χ4v) is 1.67. The quantitative estimate of drug-likeness (QED) is 0.902. The normalized spacial score (nSPS) is 13.6. The topological polar surface area (TPSA) is 66.4 Å². The number of halogens is 3. The highest BCUT2D eigenvalue weighted by Crippen LogP contribution is 2.29. The van der Waals surface area contributed by atoms with Gasteiger partial charge in [0.15, 0.2) is 0 Å². The van der Waals surface area contributed by atoms with Crippen molar-refractivity contribution >= 4 is 11.9 Å². The van der Waals surface area contributed by atoms with E-state index in [-0.39, 0.29) is 5.56 Å². The molecule has 1 rings (SSSR count). The average Bonchev–Trinajstić information content (AvgIpc) is 2.33. The van der Waals surface area contributed by atoms with Crippen LogP contribution in [0, 0.1) is 5.41 Å². The molecule has 0 unspecified atom stereocenters. The van der Waals surface area contributed by atoms with Crippen LogP contribution in [0.15, 0.2) is 24.3 Å². The molecule has 0 spiro atoms. The number of hydrogen-bond donors (Lipinski definition) is 2. The maximum Gasteiger partial charge on any atom is 0.416 e. The zero-order chi connectivity index (χ0) is 16.4. The molecule has 0 aliphatic carbocycles. The van der Waals surface area contributed by atoms with Gasteiger partial charge in [-0.1, -0.05) is 20.8 Å². The molecule has 0 bridgehead atoms. The number of rotatable bonds is 3. The third kappa shape index (κ3) is 4.47. The molecule has 0 saturated carbocycles. The van der Waals surface area contributed by atoms with Crippen LogP contribution in [0.4, 0.5) is 13.2 Å². The highest BCUT2D eigenvalue weighted by molar-refractivity contribution is 5.96. The summed E-state index contributed by atoms with van der Waals surface area (Å²) < 4.78 is 37.2. The van der Waals surface area contributed by atoms with Crippen molar-refractivity contribution in [2.24, 2.45) is 5.41 Å². The van der Waals surface area contributed by atoms with E-state index in [9.17, 15) is 22.8 Å². The molecule has 0 radical (unpaired) electrons. The van der Waals surface area contributed by atoms with Gasteiger partial charge in [0, 0.05) is 5.56 Å². The number of carbonyl (C=O) groups excluding carboxylic acids is 1. The van der Waals surface area contributed by atoms with Gasteiger partial charge in [-0.3, -0.25) is 4.79 Å². The number of benzene rings is 1. The number of hydrogen-bond acceptors (Lipinski definition) is 2. The summed E-state index contributed by atoms with van der Waals surface area (Å²) in [5, 5.41) is 11.4. The molecule has 0 saturated heterocycles. The number of nitrogens with one attached hydrogen (secondary N) is 1. The van der Waals surface area contributed by atoms with Crippen LogP contribution >= 0.6 is 0 Å². The molecule has 1 aromatic carbocycles. The van der Waals surface area contributed by atoms with E-state index in [1.807, 2.05) is 0 Å². The Morgan fingerprint density at radius 1 is 1.10 bits per heavy atom. The minimum atomic E-state index is -4.48. The van der Waals surface area contributed by atoms with Crippen LogP contribution in [0.5, 0.6) is 0 Å². The van der Waals surface area contributed by atoms with Gasteiger partial charge < -0.3 is 10.4 Å². The summed E-state index contributed by atoms with van der Waals surface area (Å²) in [6.45, 7) is 4.91. The van der Waals surface area contributed by atoms with Gasteiger partial charge >= 0.3 is 12.1 Å². The van der Waals surface area contributed by atoms with Gasteiger partial charge in [-0.2, -0.15) is 13.2 Å². The summed E-state index contributed by atoms with van der Waals surface area (Å²) in [7, 11) is 0. The lowest BCUT2D eigenvalue weighted by Crippen LogP contribution is -2.49. The van der Waals surface area contributed by atoms with Crippen molar-refractivity contribution in [2.45, 2.75) is 33.0 Å². The summed E-state index contributed by atoms with van der Waals surface area (Å²) in [4.78, 5) is 23.0. The Hall–Kier alpha value is -2.05. The predicted molar refractivity (Wildman–Crippen MR) is 69.8 cm³/mol. The zero-order valence-corrected chi connectivity index (χ0v) is 11.8. The molecule has 4 nitrogen and oxygen atoms in total. The highest BCUT2D eigenvalue weighted by atomic mass is 19.4. The van der Waals surface area contributed by atoms with Gasteiger partial charge in [0.2, 0.25) is 0 Å². The first-order valence-corrected chi connectivity index (χ1v) is 6.14. The summed E-state index contributed by atoms with van der Waals surface area (Å²) >= 11 is 0. The molecule has 0 heterocycles. The standard InChI is InChI=1S/C14H16F3NO3/c1-13(2,3)10(12(20)21)18-11(19)8-4-6-9(7-5-8)14(15,16)17/h4-7,10H,1-3H3,(H,18,19)(H,20,21)/t10-/m0/s1. The number of carboxylic acids is 1. The summed E-state index contributed by atoms with van der Waals surface area (Å²) in [6.07, 6.45) is -4.48. The second-order valence-electron chi connectivity index (χ2n) is 5.69. The molecule has 2 N–H and O–H groups in total. The molecular weight excluding hydrogens is 287 g/mol. The number of carbonyl (C=O) groups is 2. The highest BCUT2D eigenvalue weighted by Gasteiger charge is 2.33. The summed E-state index contributed by atoms with van der Waals surface area (Å²) in [5.41, 5.74) is -1.63. The molecule has 1 atom stereocenters. The largest absolute Gasteiger partial charge is 0.480 e. The monoisotopic (exact) mass is 303 g/mol. The first kappa shape index (κ1) is 17.0. The minimum Gasteiger partial charge on any atom is -0.480 e. The lowest BCUT2D eigenvalue weighted by molar-refractivity contribution is -0.142. The lowest BCUT2D eigenvalue weighted by Gasteiger charge is -2.27. The summed E-state index contributed by atoms with van der Waals surface area (Å²) in [6, 6.07) is 2.44. The summed E-state index contributed by atoms with van der Waals surface area (Å²) in [5.74, 6) is -1.94. The van der Waals surface area contributed by atoms with E-state index in [0.29, 0.717) is 0 Å². The molecule has 0 aliphatic rings. The van der Waals surface area contributed by atoms with E-state index in [4.69, 9.17) is 5.11 Å². The van der Waals surface area contributed by atoms with Crippen LogP contribution in [-0.4, -0.2) is 23.0 Å². The van der Waals surface area contributed by atoms with Gasteiger partial charge in [0.1, 0.15) is 6.04 Å². The van der Waals surface area contributed by atoms with Crippen molar-refractivity contribution in [1.82, 2.24) is 5.32 Å². The SMILES string of the molecule is CC(C)(C)[C@@H](NC(=O)c1ccc(C(F)(F)F)cc1)C(=O)O. The van der Waals surface area contributed by atoms with Gasteiger partial charge in [-0.15, -0.1) is 0 Å². The molecular formula is C14H16F3NO3. The minimum absolute atomic E-state index is 0.0292. The molecule has 116 valence electrons. The van der Waals surface area contributed by atoms with Crippen LogP contribution in [0.1, 0.15) is 36.7 Å². The van der Waals surface area contributed by atoms with Gasteiger partial charge in [-0.25, -0.2) is 4.79 Å². The van der Waals surface area contributed by atoms with Crippen molar-refractivity contribution < 1.29 is 27.9 Å². The first-order chi connectivity index (χ1) is 9.43. The van der Waals surface area contributed by atoms with Crippen LogP contribution in [0.3, 0.4) is 0 Å². The Morgan fingerprint density at radius 2 is 1.57 bits per heavy atom. The van der Waals surface area contributed by atoms with Crippen LogP contribution in [0.2, 0.25) is 0 Å². The Labute approximate surface area is 120 Å². The van der Waals surface area contributed by atoms with E-state index in [1.54, 1.807) is 20.8 Å². The Kier molecular flexibility index (Phi) is 4.65. The van der Waals surface area contributed by atoms with Crippen molar-refractivity contribution in [3.8, 4) is 0 Å². The van der Waals surface area contributed by atoms with E-state index in [1.165, 1.54) is 0 Å². The third-order valence-corrected chi connectivity index (χ3v) is 2.86. The van der Waals surface area contributed by atoms with Crippen LogP contribution < -0.4 is 5.32 Å². The fraction of sp³-hybridized carbons (Fsp3) is 0.429. The maximum absolute atomic E-state index is 12.4. The smallest absolute Gasteiger partial charge is 0.416 e.